The number of aliphatic hydroxyl groups excluding tert-OH is 1. The first-order valence-electron chi connectivity index (χ1n) is 13.8. The summed E-state index contributed by atoms with van der Waals surface area (Å²) in [5.41, 5.74) is 9.92. The maximum absolute atomic E-state index is 14.0. The molecule has 4 aromatic rings. The van der Waals surface area contributed by atoms with Gasteiger partial charge in [0.25, 0.3) is 0 Å². The van der Waals surface area contributed by atoms with Crippen LogP contribution in [0.5, 0.6) is 0 Å². The number of nitrogens with zero attached hydrogens (tertiary/aromatic N) is 1. The van der Waals surface area contributed by atoms with Crippen LogP contribution in [-0.4, -0.2) is 27.9 Å². The van der Waals surface area contributed by atoms with E-state index in [1.54, 1.807) is 12.1 Å². The Morgan fingerprint density at radius 3 is 2.33 bits per heavy atom. The van der Waals surface area contributed by atoms with Gasteiger partial charge in [-0.2, -0.15) is 0 Å². The summed E-state index contributed by atoms with van der Waals surface area (Å²) in [6, 6.07) is 26.4. The average molecular weight is 543 g/mol. The van der Waals surface area contributed by atoms with E-state index in [0.29, 0.717) is 26.0 Å². The number of hydrogen-bond donors (Lipinski definition) is 2. The highest BCUT2D eigenvalue weighted by Gasteiger charge is 2.30. The number of esters is 1. The zero-order valence-corrected chi connectivity index (χ0v) is 22.8. The highest BCUT2D eigenvalue weighted by Crippen LogP contribution is 2.43. The van der Waals surface area contributed by atoms with Gasteiger partial charge in [-0.1, -0.05) is 62.4 Å². The summed E-state index contributed by atoms with van der Waals surface area (Å²) in [5, 5.41) is 10.2. The van der Waals surface area contributed by atoms with Crippen molar-refractivity contribution < 1.29 is 23.9 Å². The summed E-state index contributed by atoms with van der Waals surface area (Å²) in [5.74, 6) is -0.539. The van der Waals surface area contributed by atoms with Gasteiger partial charge in [0.1, 0.15) is 18.5 Å². The number of hydrogen-bond acceptors (Lipinski definition) is 5. The van der Waals surface area contributed by atoms with Gasteiger partial charge < -0.3 is 14.4 Å². The third kappa shape index (κ3) is 6.27. The number of aromatic nitrogens is 1. The number of carbonyl (C=O) groups excluding carboxylic acids is 1. The molecule has 1 aliphatic heterocycles. The molecule has 1 fully saturated rings. The van der Waals surface area contributed by atoms with E-state index in [4.69, 9.17) is 9.57 Å². The molecule has 0 radical (unpaired) electrons. The zero-order chi connectivity index (χ0) is 28.1. The third-order valence-corrected chi connectivity index (χ3v) is 7.23. The van der Waals surface area contributed by atoms with E-state index in [1.807, 2.05) is 48.5 Å². The quantitative estimate of drug-likeness (QED) is 0.165. The van der Waals surface area contributed by atoms with Crippen molar-refractivity contribution in [2.45, 2.75) is 64.4 Å². The van der Waals surface area contributed by atoms with Crippen molar-refractivity contribution in [3.8, 4) is 22.4 Å². The number of aliphatic hydroxyl groups is 1. The van der Waals surface area contributed by atoms with Crippen LogP contribution in [0.4, 0.5) is 10.1 Å². The number of cyclic esters (lactones) is 1. The van der Waals surface area contributed by atoms with Gasteiger partial charge in [0.15, 0.2) is 0 Å². The van der Waals surface area contributed by atoms with E-state index in [-0.39, 0.29) is 30.2 Å². The Morgan fingerprint density at radius 2 is 1.68 bits per heavy atom. The smallest absolute Gasteiger partial charge is 0.308 e. The van der Waals surface area contributed by atoms with Crippen LogP contribution in [0, 0.1) is 5.82 Å². The molecule has 0 bridgehead atoms. The predicted molar refractivity (Wildman–Crippen MR) is 154 cm³/mol. The lowest BCUT2D eigenvalue weighted by Gasteiger charge is -2.27. The van der Waals surface area contributed by atoms with Crippen molar-refractivity contribution in [3.05, 3.63) is 102 Å². The van der Waals surface area contributed by atoms with Crippen LogP contribution in [0.15, 0.2) is 84.9 Å². The van der Waals surface area contributed by atoms with Gasteiger partial charge in [-0.05, 0) is 53.4 Å². The highest BCUT2D eigenvalue weighted by atomic mass is 19.1. The largest absolute Gasteiger partial charge is 0.462 e. The molecule has 5 rings (SSSR count). The minimum Gasteiger partial charge on any atom is -0.462 e. The van der Waals surface area contributed by atoms with E-state index >= 15 is 0 Å². The van der Waals surface area contributed by atoms with Gasteiger partial charge in [0, 0.05) is 36.2 Å². The molecule has 2 unspecified atom stereocenters. The Labute approximate surface area is 234 Å². The molecule has 0 amide bonds. The lowest BCUT2D eigenvalue weighted by Crippen LogP contribution is -2.33. The summed E-state index contributed by atoms with van der Waals surface area (Å²) in [4.78, 5) is 18.1. The number of anilines is 1. The second-order valence-corrected chi connectivity index (χ2v) is 10.5. The summed E-state index contributed by atoms with van der Waals surface area (Å²) in [6.07, 6.45) is -0.0727. The Balaban J connectivity index is 1.62. The molecule has 1 saturated heterocycles. The first-order valence-corrected chi connectivity index (χ1v) is 13.8. The molecule has 40 heavy (non-hydrogen) atoms. The minimum absolute atomic E-state index is 0.0339. The predicted octanol–water partition coefficient (Wildman–Crippen LogP) is 7.08. The van der Waals surface area contributed by atoms with Crippen LogP contribution in [0.1, 0.15) is 50.3 Å². The summed E-state index contributed by atoms with van der Waals surface area (Å²) in [6.45, 7) is 5.14. The fourth-order valence-electron chi connectivity index (χ4n) is 5.56. The lowest BCUT2D eigenvalue weighted by atomic mass is 9.95. The van der Waals surface area contributed by atoms with Crippen molar-refractivity contribution in [3.63, 3.8) is 0 Å². The van der Waals surface area contributed by atoms with E-state index < -0.39 is 6.10 Å². The summed E-state index contributed by atoms with van der Waals surface area (Å²) in [7, 11) is 0. The maximum Gasteiger partial charge on any atom is 0.308 e. The Bertz CT molecular complexity index is 1420. The molecule has 2 heterocycles. The van der Waals surface area contributed by atoms with Crippen molar-refractivity contribution in [1.29, 1.82) is 0 Å². The fraction of sp³-hybridized carbons (Fsp3) is 0.303. The van der Waals surface area contributed by atoms with E-state index in [2.05, 4.69) is 36.0 Å². The topological polar surface area (TPSA) is 72.7 Å². The first kappa shape index (κ1) is 27.6. The van der Waals surface area contributed by atoms with Crippen LogP contribution in [-0.2, 0) is 27.5 Å². The van der Waals surface area contributed by atoms with E-state index in [9.17, 15) is 14.3 Å². The van der Waals surface area contributed by atoms with Gasteiger partial charge in [0.05, 0.1) is 23.9 Å². The van der Waals surface area contributed by atoms with Crippen LogP contribution >= 0.6 is 0 Å². The molecule has 2 N–H and O–H groups in total. The van der Waals surface area contributed by atoms with Gasteiger partial charge in [-0.25, -0.2) is 4.39 Å². The Morgan fingerprint density at radius 1 is 1.00 bits per heavy atom. The minimum atomic E-state index is -0.690. The highest BCUT2D eigenvalue weighted by molar-refractivity contribution is 5.86. The summed E-state index contributed by atoms with van der Waals surface area (Å²) >= 11 is 0. The molecule has 2 atom stereocenters. The molecular weight excluding hydrogens is 507 g/mol. The van der Waals surface area contributed by atoms with Crippen LogP contribution in [0.2, 0.25) is 0 Å². The first-order chi connectivity index (χ1) is 19.4. The zero-order valence-electron chi connectivity index (χ0n) is 22.8. The number of nitrogens with one attached hydrogen (secondary N) is 1. The second-order valence-electron chi connectivity index (χ2n) is 10.5. The third-order valence-electron chi connectivity index (χ3n) is 7.23. The maximum atomic E-state index is 14.0. The monoisotopic (exact) mass is 542 g/mol. The van der Waals surface area contributed by atoms with Crippen LogP contribution < -0.4 is 5.48 Å². The lowest BCUT2D eigenvalue weighted by molar-refractivity contribution is -0.160. The average Bonchev–Trinajstić information content (AvgIpc) is 3.27. The molecule has 208 valence electrons. The van der Waals surface area contributed by atoms with Crippen LogP contribution in [0.25, 0.3) is 22.4 Å². The Hall–Kier alpha value is -3.94. The number of ether oxygens (including phenoxy) is 1. The fourth-order valence-corrected chi connectivity index (χ4v) is 5.56. The normalized spacial score (nSPS) is 17.2. The van der Waals surface area contributed by atoms with Crippen molar-refractivity contribution in [1.82, 2.24) is 4.57 Å². The number of rotatable bonds is 10. The molecule has 0 spiro atoms. The SMILES string of the molecule is CC(C)c1c(CONc2ccccc2)c(-c2ccccc2)c(-c2ccc(F)cc2)n1CCC1CC(O)CC(=O)O1. The van der Waals surface area contributed by atoms with Gasteiger partial charge in [0.2, 0.25) is 0 Å². The number of para-hydroxylation sites is 1. The Kier molecular flexibility index (Phi) is 8.63. The molecule has 0 saturated carbocycles. The molecule has 3 aromatic carbocycles. The van der Waals surface area contributed by atoms with Crippen LogP contribution in [0.3, 0.4) is 0 Å². The van der Waals surface area contributed by atoms with Crippen molar-refractivity contribution in [2.24, 2.45) is 0 Å². The molecule has 1 aromatic heterocycles. The van der Waals surface area contributed by atoms with E-state index in [0.717, 1.165) is 39.3 Å². The molecular formula is C33H35FN2O4. The van der Waals surface area contributed by atoms with Gasteiger partial charge in [-0.3, -0.25) is 15.1 Å². The molecule has 7 heteroatoms. The van der Waals surface area contributed by atoms with Gasteiger partial charge in [-0.15, -0.1) is 0 Å². The number of carbonyl (C=O) groups is 1. The standard InChI is InChI=1S/C33H35FN2O4/c1-22(2)32-29(21-39-35-26-11-7-4-8-12-26)31(23-9-5-3-6-10-23)33(24-13-15-25(34)16-14-24)36(32)18-17-28-19-27(37)20-30(38)40-28/h3-16,22,27-28,35,37H,17-21H2,1-2H3. The molecule has 0 aliphatic carbocycles. The number of benzene rings is 3. The van der Waals surface area contributed by atoms with Crippen molar-refractivity contribution in [2.75, 3.05) is 5.48 Å². The van der Waals surface area contributed by atoms with E-state index in [1.165, 1.54) is 12.1 Å². The van der Waals surface area contributed by atoms with Gasteiger partial charge >= 0.3 is 5.97 Å². The molecule has 1 aliphatic rings. The summed E-state index contributed by atoms with van der Waals surface area (Å²) < 4.78 is 21.9. The second kappa shape index (κ2) is 12.5. The number of halogens is 1. The molecule has 6 nitrogen and oxygen atoms in total. The van der Waals surface area contributed by atoms with Crippen molar-refractivity contribution >= 4 is 11.7 Å².